The summed E-state index contributed by atoms with van der Waals surface area (Å²) in [4.78, 5) is 14.0. The molecule has 5 nitrogen and oxygen atoms in total. The van der Waals surface area contributed by atoms with Crippen molar-refractivity contribution < 1.29 is 18.7 Å². The van der Waals surface area contributed by atoms with Crippen LogP contribution in [0, 0.1) is 12.7 Å². The third-order valence-electron chi connectivity index (χ3n) is 4.89. The number of hydrogen-bond donors (Lipinski definition) is 1. The molecular weight excluding hydrogens is 335 g/mol. The van der Waals surface area contributed by atoms with Crippen LogP contribution in [-0.2, 0) is 17.9 Å². The Morgan fingerprint density at radius 2 is 2.04 bits per heavy atom. The number of ether oxygens (including phenoxy) is 2. The second-order valence-corrected chi connectivity index (χ2v) is 6.82. The van der Waals surface area contributed by atoms with Crippen molar-refractivity contribution in [2.75, 3.05) is 13.3 Å². The lowest BCUT2D eigenvalue weighted by atomic mass is 10.1. The summed E-state index contributed by atoms with van der Waals surface area (Å²) in [5.74, 6) is 1.36. The van der Waals surface area contributed by atoms with Crippen LogP contribution < -0.4 is 14.8 Å². The van der Waals surface area contributed by atoms with E-state index >= 15 is 0 Å². The van der Waals surface area contributed by atoms with Crippen molar-refractivity contribution in [2.45, 2.75) is 32.5 Å². The van der Waals surface area contributed by atoms with Crippen molar-refractivity contribution in [3.05, 3.63) is 58.9 Å². The average Bonchev–Trinajstić information content (AvgIpc) is 3.19. The number of fused-ring (bicyclic) bond motifs is 1. The van der Waals surface area contributed by atoms with Crippen LogP contribution in [0.2, 0.25) is 0 Å². The number of benzene rings is 2. The molecule has 4 rings (SSSR count). The van der Waals surface area contributed by atoms with E-state index in [1.54, 1.807) is 11.0 Å². The number of nitrogens with one attached hydrogen (secondary N) is 1. The van der Waals surface area contributed by atoms with Crippen LogP contribution in [0.4, 0.5) is 4.39 Å². The molecule has 2 aliphatic rings. The molecule has 0 aliphatic carbocycles. The smallest absolute Gasteiger partial charge is 0.231 e. The fraction of sp³-hybridized carbons (Fsp3) is 0.350. The van der Waals surface area contributed by atoms with Gasteiger partial charge in [-0.3, -0.25) is 4.79 Å². The van der Waals surface area contributed by atoms with Crippen molar-refractivity contribution in [3.63, 3.8) is 0 Å². The molecule has 26 heavy (non-hydrogen) atoms. The lowest BCUT2D eigenvalue weighted by Crippen LogP contribution is -2.32. The minimum absolute atomic E-state index is 0.0842. The molecule has 1 amide bonds. The van der Waals surface area contributed by atoms with E-state index in [4.69, 9.17) is 9.47 Å². The molecule has 1 unspecified atom stereocenters. The van der Waals surface area contributed by atoms with E-state index in [2.05, 4.69) is 5.32 Å². The van der Waals surface area contributed by atoms with Gasteiger partial charge in [0.15, 0.2) is 11.5 Å². The summed E-state index contributed by atoms with van der Waals surface area (Å²) >= 11 is 0. The normalized spacial score (nSPS) is 18.6. The van der Waals surface area contributed by atoms with E-state index < -0.39 is 0 Å². The summed E-state index contributed by atoms with van der Waals surface area (Å²) in [6.07, 6.45) is 0.457. The number of carbonyl (C=O) groups excluding carboxylic acids is 1. The fourth-order valence-electron chi connectivity index (χ4n) is 3.45. The van der Waals surface area contributed by atoms with E-state index in [-0.39, 0.29) is 24.6 Å². The Bertz CT molecular complexity index is 840. The Hall–Kier alpha value is -2.60. The zero-order chi connectivity index (χ0) is 18.1. The van der Waals surface area contributed by atoms with Gasteiger partial charge in [0.1, 0.15) is 5.82 Å². The molecular formula is C20H21FN2O3. The number of hydrogen-bond acceptors (Lipinski definition) is 4. The first-order valence-corrected chi connectivity index (χ1v) is 8.73. The van der Waals surface area contributed by atoms with Crippen LogP contribution in [0.3, 0.4) is 0 Å². The fourth-order valence-corrected chi connectivity index (χ4v) is 3.45. The number of nitrogens with zero attached hydrogens (tertiary/aromatic N) is 1. The SMILES string of the molecule is Cc1cc2c(cc1CNC1CC(=O)N(Cc3cccc(F)c3)C1)OCO2. The summed E-state index contributed by atoms with van der Waals surface area (Å²) in [7, 11) is 0. The molecule has 1 fully saturated rings. The Kier molecular flexibility index (Phi) is 4.51. The van der Waals surface area contributed by atoms with Gasteiger partial charge in [-0.05, 0) is 47.9 Å². The predicted octanol–water partition coefficient (Wildman–Crippen LogP) is 2.75. The van der Waals surface area contributed by atoms with E-state index in [1.165, 1.54) is 12.1 Å². The van der Waals surface area contributed by atoms with E-state index in [0.29, 0.717) is 26.1 Å². The first-order valence-electron chi connectivity index (χ1n) is 8.73. The molecule has 0 bridgehead atoms. The topological polar surface area (TPSA) is 50.8 Å². The van der Waals surface area contributed by atoms with Crippen molar-refractivity contribution in [3.8, 4) is 11.5 Å². The summed E-state index contributed by atoms with van der Waals surface area (Å²) in [5, 5.41) is 3.45. The predicted molar refractivity (Wildman–Crippen MR) is 94.4 cm³/mol. The van der Waals surface area contributed by atoms with Gasteiger partial charge in [0.2, 0.25) is 12.7 Å². The molecule has 136 valence electrons. The van der Waals surface area contributed by atoms with Crippen molar-refractivity contribution in [1.29, 1.82) is 0 Å². The van der Waals surface area contributed by atoms with Gasteiger partial charge < -0.3 is 19.7 Å². The molecule has 1 atom stereocenters. The van der Waals surface area contributed by atoms with Gasteiger partial charge in [-0.1, -0.05) is 12.1 Å². The highest BCUT2D eigenvalue weighted by atomic mass is 19.1. The molecule has 1 saturated heterocycles. The summed E-state index contributed by atoms with van der Waals surface area (Å²) in [5.41, 5.74) is 3.07. The molecule has 0 aromatic heterocycles. The van der Waals surface area contributed by atoms with Gasteiger partial charge in [-0.2, -0.15) is 0 Å². The summed E-state index contributed by atoms with van der Waals surface area (Å²) in [6, 6.07) is 10.5. The minimum atomic E-state index is -0.276. The highest BCUT2D eigenvalue weighted by molar-refractivity contribution is 5.79. The maximum absolute atomic E-state index is 13.3. The lowest BCUT2D eigenvalue weighted by Gasteiger charge is -2.18. The van der Waals surface area contributed by atoms with Gasteiger partial charge in [-0.15, -0.1) is 0 Å². The maximum Gasteiger partial charge on any atom is 0.231 e. The summed E-state index contributed by atoms with van der Waals surface area (Å²) in [6.45, 7) is 4.03. The van der Waals surface area contributed by atoms with E-state index in [1.807, 2.05) is 25.1 Å². The molecule has 2 aromatic rings. The van der Waals surface area contributed by atoms with Crippen LogP contribution in [-0.4, -0.2) is 30.2 Å². The van der Waals surface area contributed by atoms with Crippen molar-refractivity contribution in [1.82, 2.24) is 10.2 Å². The third-order valence-corrected chi connectivity index (χ3v) is 4.89. The van der Waals surface area contributed by atoms with Crippen LogP contribution in [0.25, 0.3) is 0 Å². The first-order chi connectivity index (χ1) is 12.6. The standard InChI is InChI=1S/C20H21FN2O3/c1-13-5-18-19(26-12-25-18)7-15(13)9-22-17-8-20(24)23(11-17)10-14-3-2-4-16(21)6-14/h2-7,17,22H,8-12H2,1H3. The lowest BCUT2D eigenvalue weighted by molar-refractivity contribution is -0.128. The maximum atomic E-state index is 13.3. The van der Waals surface area contributed by atoms with Crippen LogP contribution in [0.15, 0.2) is 36.4 Å². The number of carbonyl (C=O) groups is 1. The molecule has 0 spiro atoms. The average molecular weight is 356 g/mol. The number of amides is 1. The Morgan fingerprint density at radius 1 is 1.23 bits per heavy atom. The zero-order valence-corrected chi connectivity index (χ0v) is 14.6. The molecule has 6 heteroatoms. The largest absolute Gasteiger partial charge is 0.454 e. The molecule has 2 aliphatic heterocycles. The zero-order valence-electron chi connectivity index (χ0n) is 14.6. The third kappa shape index (κ3) is 3.51. The Morgan fingerprint density at radius 3 is 2.85 bits per heavy atom. The number of likely N-dealkylation sites (tertiary alicyclic amines) is 1. The number of halogens is 1. The van der Waals surface area contributed by atoms with Gasteiger partial charge in [-0.25, -0.2) is 4.39 Å². The number of rotatable bonds is 5. The molecule has 0 saturated carbocycles. The first kappa shape index (κ1) is 16.8. The van der Waals surface area contributed by atoms with E-state index in [0.717, 1.165) is 28.2 Å². The van der Waals surface area contributed by atoms with Crippen molar-refractivity contribution >= 4 is 5.91 Å². The van der Waals surface area contributed by atoms with E-state index in [9.17, 15) is 9.18 Å². The molecule has 2 heterocycles. The monoisotopic (exact) mass is 356 g/mol. The summed E-state index contributed by atoms with van der Waals surface area (Å²) < 4.78 is 24.1. The second-order valence-electron chi connectivity index (χ2n) is 6.82. The Balaban J connectivity index is 1.36. The highest BCUT2D eigenvalue weighted by Gasteiger charge is 2.29. The van der Waals surface area contributed by atoms with Crippen molar-refractivity contribution in [2.24, 2.45) is 0 Å². The molecule has 1 N–H and O–H groups in total. The van der Waals surface area contributed by atoms with Gasteiger partial charge >= 0.3 is 0 Å². The molecule has 2 aromatic carbocycles. The van der Waals surface area contributed by atoms with Gasteiger partial charge in [0.25, 0.3) is 0 Å². The highest BCUT2D eigenvalue weighted by Crippen LogP contribution is 2.34. The van der Waals surface area contributed by atoms with Crippen LogP contribution >= 0.6 is 0 Å². The second kappa shape index (κ2) is 6.96. The van der Waals surface area contributed by atoms with Crippen LogP contribution in [0.5, 0.6) is 11.5 Å². The number of aryl methyl sites for hydroxylation is 1. The van der Waals surface area contributed by atoms with Crippen LogP contribution in [0.1, 0.15) is 23.1 Å². The molecule has 0 radical (unpaired) electrons. The van der Waals surface area contributed by atoms with Gasteiger partial charge in [0, 0.05) is 32.1 Å². The van der Waals surface area contributed by atoms with Gasteiger partial charge in [0.05, 0.1) is 0 Å². The quantitative estimate of drug-likeness (QED) is 0.895. The minimum Gasteiger partial charge on any atom is -0.454 e. The Labute approximate surface area is 151 Å².